The van der Waals surface area contributed by atoms with E-state index >= 15 is 0 Å². The van der Waals surface area contributed by atoms with Gasteiger partial charge in [0, 0.05) is 30.3 Å². The van der Waals surface area contributed by atoms with Gasteiger partial charge in [-0.1, -0.05) is 41.5 Å². The van der Waals surface area contributed by atoms with Gasteiger partial charge in [0.1, 0.15) is 5.82 Å². The van der Waals surface area contributed by atoms with E-state index < -0.39 is 8.32 Å². The number of rotatable bonds is 5. The largest absolute Gasteiger partial charge is 0.415 e. The summed E-state index contributed by atoms with van der Waals surface area (Å²) in [4.78, 5) is 12.3. The fraction of sp³-hybridized carbons (Fsp3) is 0.600. The van der Waals surface area contributed by atoms with Crippen molar-refractivity contribution in [2.24, 2.45) is 0 Å². The van der Waals surface area contributed by atoms with E-state index in [1.165, 1.54) is 0 Å². The van der Waals surface area contributed by atoms with Gasteiger partial charge in [-0.3, -0.25) is 4.79 Å². The highest BCUT2D eigenvalue weighted by atomic mass is 28.4. The Kier molecular flexibility index (Phi) is 5.78. The normalized spacial score (nSPS) is 13.2. The van der Waals surface area contributed by atoms with Crippen LogP contribution in [0.5, 0.6) is 0 Å². The molecule has 0 aromatic carbocycles. The Labute approximate surface area is 163 Å². The molecule has 2 heterocycles. The molecule has 0 aliphatic rings. The Bertz CT molecular complexity index is 854. The third kappa shape index (κ3) is 4.90. The monoisotopic (exact) mass is 390 g/mol. The molecule has 0 saturated carbocycles. The minimum atomic E-state index is -1.83. The molecule has 27 heavy (non-hydrogen) atoms. The van der Waals surface area contributed by atoms with Gasteiger partial charge >= 0.3 is 0 Å². The number of nitrogens with zero attached hydrogens (tertiary/aromatic N) is 3. The molecular formula is C20H34N4O2Si. The minimum Gasteiger partial charge on any atom is -0.415 e. The predicted octanol–water partition coefficient (Wildman–Crippen LogP) is 3.94. The highest BCUT2D eigenvalue weighted by molar-refractivity contribution is 6.74. The highest BCUT2D eigenvalue weighted by Gasteiger charge is 2.36. The maximum atomic E-state index is 12.3. The molecule has 0 aliphatic carbocycles. The number of anilines is 1. The smallest absolute Gasteiger partial charge is 0.250 e. The lowest BCUT2D eigenvalue weighted by atomic mass is 9.92. The molecular weight excluding hydrogens is 356 g/mol. The van der Waals surface area contributed by atoms with Crippen LogP contribution in [-0.2, 0) is 16.4 Å². The van der Waals surface area contributed by atoms with Crippen LogP contribution in [0.1, 0.15) is 47.2 Å². The van der Waals surface area contributed by atoms with E-state index in [0.29, 0.717) is 19.0 Å². The van der Waals surface area contributed by atoms with Crippen molar-refractivity contribution in [2.45, 2.75) is 71.6 Å². The first-order valence-electron chi connectivity index (χ1n) is 9.43. The summed E-state index contributed by atoms with van der Waals surface area (Å²) in [5.74, 6) is 0.558. The maximum absolute atomic E-state index is 12.3. The van der Waals surface area contributed by atoms with Crippen LogP contribution < -0.4 is 11.3 Å². The first kappa shape index (κ1) is 21.4. The molecule has 7 heteroatoms. The van der Waals surface area contributed by atoms with Crippen LogP contribution in [0.25, 0.3) is 5.69 Å². The molecule has 0 spiro atoms. The van der Waals surface area contributed by atoms with Crippen LogP contribution in [0.4, 0.5) is 5.82 Å². The Morgan fingerprint density at radius 3 is 2.30 bits per heavy atom. The van der Waals surface area contributed by atoms with Gasteiger partial charge in [-0.2, -0.15) is 5.10 Å². The molecule has 150 valence electrons. The van der Waals surface area contributed by atoms with E-state index in [-0.39, 0.29) is 16.0 Å². The highest BCUT2D eigenvalue weighted by Crippen LogP contribution is 2.36. The molecule has 0 fully saturated rings. The van der Waals surface area contributed by atoms with Crippen LogP contribution in [0.2, 0.25) is 18.1 Å². The molecule has 0 saturated heterocycles. The van der Waals surface area contributed by atoms with E-state index in [2.05, 4.69) is 59.7 Å². The zero-order valence-electron chi connectivity index (χ0n) is 18.0. The molecule has 0 bridgehead atoms. The second kappa shape index (κ2) is 7.28. The number of hydrogen-bond acceptors (Lipinski definition) is 4. The van der Waals surface area contributed by atoms with Gasteiger partial charge in [0.25, 0.3) is 5.56 Å². The summed E-state index contributed by atoms with van der Waals surface area (Å²) >= 11 is 0. The fourth-order valence-corrected chi connectivity index (χ4v) is 3.44. The first-order valence-corrected chi connectivity index (χ1v) is 12.3. The summed E-state index contributed by atoms with van der Waals surface area (Å²) in [5, 5.41) is 4.77. The van der Waals surface area contributed by atoms with Crippen molar-refractivity contribution >= 4 is 14.1 Å². The van der Waals surface area contributed by atoms with Gasteiger partial charge < -0.3 is 14.7 Å². The third-order valence-electron chi connectivity index (χ3n) is 5.32. The fourth-order valence-electron chi connectivity index (χ4n) is 2.40. The standard InChI is InChI=1S/C20H34N4O2Si/c1-19(2,3)16-13-17(21)24(22-16)15-9-10-18(25)23(14-15)11-12-26-27(7,8)20(4,5)6/h9-10,13-14H,11-12,21H2,1-8H3. The average Bonchev–Trinajstić information content (AvgIpc) is 2.90. The zero-order chi connectivity index (χ0) is 20.6. The van der Waals surface area contributed by atoms with E-state index in [1.54, 1.807) is 27.6 Å². The lowest BCUT2D eigenvalue weighted by Gasteiger charge is -2.36. The van der Waals surface area contributed by atoms with Crippen molar-refractivity contribution in [3.05, 3.63) is 40.4 Å². The second-order valence-corrected chi connectivity index (χ2v) is 14.5. The summed E-state index contributed by atoms with van der Waals surface area (Å²) < 4.78 is 9.56. The molecule has 0 atom stereocenters. The van der Waals surface area contributed by atoms with Gasteiger partial charge in [-0.15, -0.1) is 0 Å². The number of nitrogens with two attached hydrogens (primary N) is 1. The van der Waals surface area contributed by atoms with Gasteiger partial charge in [-0.05, 0) is 24.2 Å². The van der Waals surface area contributed by atoms with Crippen molar-refractivity contribution < 1.29 is 4.43 Å². The Morgan fingerprint density at radius 2 is 1.78 bits per heavy atom. The van der Waals surface area contributed by atoms with Crippen molar-refractivity contribution in [2.75, 3.05) is 12.3 Å². The van der Waals surface area contributed by atoms with Crippen LogP contribution in [0, 0.1) is 0 Å². The molecule has 6 nitrogen and oxygen atoms in total. The lowest BCUT2D eigenvalue weighted by Crippen LogP contribution is -2.41. The average molecular weight is 391 g/mol. The van der Waals surface area contributed by atoms with Gasteiger partial charge in [-0.25, -0.2) is 4.68 Å². The van der Waals surface area contributed by atoms with Gasteiger partial charge in [0.05, 0.1) is 18.0 Å². The molecule has 2 rings (SSSR count). The number of hydrogen-bond donors (Lipinski definition) is 1. The van der Waals surface area contributed by atoms with Gasteiger partial charge in [0.15, 0.2) is 8.32 Å². The maximum Gasteiger partial charge on any atom is 0.250 e. The molecule has 0 radical (unpaired) electrons. The van der Waals surface area contributed by atoms with Crippen LogP contribution in [0.15, 0.2) is 29.2 Å². The first-order chi connectivity index (χ1) is 12.2. The Balaban J connectivity index is 2.23. The molecule has 0 aliphatic heterocycles. The van der Waals surface area contributed by atoms with E-state index in [4.69, 9.17) is 10.2 Å². The van der Waals surface area contributed by atoms with Crippen LogP contribution in [0.3, 0.4) is 0 Å². The summed E-state index contributed by atoms with van der Waals surface area (Å²) in [7, 11) is -1.83. The molecule has 2 aromatic rings. The SMILES string of the molecule is CC(C)(C)c1cc(N)n(-c2ccc(=O)n(CCO[Si](C)(C)C(C)(C)C)c2)n1. The van der Waals surface area contributed by atoms with Crippen molar-refractivity contribution in [1.29, 1.82) is 0 Å². The number of nitrogen functional groups attached to an aromatic ring is 1. The number of aromatic nitrogens is 3. The Hall–Kier alpha value is -1.86. The third-order valence-corrected chi connectivity index (χ3v) is 9.86. The minimum absolute atomic E-state index is 0.0562. The lowest BCUT2D eigenvalue weighted by molar-refractivity contribution is 0.270. The molecule has 0 amide bonds. The van der Waals surface area contributed by atoms with Crippen molar-refractivity contribution in [3.63, 3.8) is 0 Å². The van der Waals surface area contributed by atoms with E-state index in [0.717, 1.165) is 11.4 Å². The van der Waals surface area contributed by atoms with E-state index in [1.807, 2.05) is 6.07 Å². The molecule has 0 unspecified atom stereocenters. The summed E-state index contributed by atoms with van der Waals surface area (Å²) in [5.41, 5.74) is 7.70. The topological polar surface area (TPSA) is 75.1 Å². The quantitative estimate of drug-likeness (QED) is 0.785. The second-order valence-electron chi connectivity index (χ2n) is 9.64. The van der Waals surface area contributed by atoms with Crippen molar-refractivity contribution in [3.8, 4) is 5.69 Å². The van der Waals surface area contributed by atoms with Gasteiger partial charge in [0.2, 0.25) is 0 Å². The summed E-state index contributed by atoms with van der Waals surface area (Å²) in [6, 6.07) is 5.19. The van der Waals surface area contributed by atoms with Crippen LogP contribution in [-0.4, -0.2) is 29.3 Å². The van der Waals surface area contributed by atoms with Crippen molar-refractivity contribution in [1.82, 2.24) is 14.3 Å². The van der Waals surface area contributed by atoms with Crippen LogP contribution >= 0.6 is 0 Å². The summed E-state index contributed by atoms with van der Waals surface area (Å²) in [6.07, 6.45) is 1.80. The molecule has 2 N–H and O–H groups in total. The Morgan fingerprint density at radius 1 is 1.15 bits per heavy atom. The summed E-state index contributed by atoms with van der Waals surface area (Å²) in [6.45, 7) is 18.4. The van der Waals surface area contributed by atoms with E-state index in [9.17, 15) is 4.79 Å². The number of pyridine rings is 1. The molecule has 2 aromatic heterocycles. The zero-order valence-corrected chi connectivity index (χ0v) is 19.0. The predicted molar refractivity (Wildman–Crippen MR) is 114 cm³/mol.